The minimum absolute atomic E-state index is 0.102. The summed E-state index contributed by atoms with van der Waals surface area (Å²) >= 11 is 3.22. The summed E-state index contributed by atoms with van der Waals surface area (Å²) in [7, 11) is -3.76. The largest absolute Gasteiger partial charge is 0.280 e. The van der Waals surface area contributed by atoms with E-state index in [4.69, 9.17) is 0 Å². The average Bonchev–Trinajstić information content (AvgIpc) is 2.38. The maximum Gasteiger partial charge on any atom is 0.269 e. The Labute approximate surface area is 130 Å². The summed E-state index contributed by atoms with van der Waals surface area (Å²) in [4.78, 5) is 10.1. The molecule has 0 unspecified atom stereocenters. The Morgan fingerprint density at radius 2 is 1.76 bits per heavy atom. The number of nitro benzene ring substituents is 1. The van der Waals surface area contributed by atoms with Crippen LogP contribution in [0.2, 0.25) is 0 Å². The van der Waals surface area contributed by atoms with Gasteiger partial charge in [0.25, 0.3) is 15.7 Å². The molecule has 0 atom stereocenters. The van der Waals surface area contributed by atoms with Gasteiger partial charge in [-0.25, -0.2) is 8.42 Å². The maximum atomic E-state index is 12.3. The molecule has 2 aromatic carbocycles. The first-order chi connectivity index (χ1) is 9.79. The van der Waals surface area contributed by atoms with Gasteiger partial charge in [-0.2, -0.15) is 0 Å². The molecule has 0 fully saturated rings. The number of halogens is 1. The van der Waals surface area contributed by atoms with Crippen LogP contribution < -0.4 is 4.72 Å². The summed E-state index contributed by atoms with van der Waals surface area (Å²) in [6.07, 6.45) is 0. The molecule has 0 heterocycles. The standard InChI is InChI=1S/C13H11BrN2O4S/c1-9-2-7-13(12(14)8-9)21(19,20)15-10-3-5-11(6-4-10)16(17)18/h2-8,15H,1H3. The lowest BCUT2D eigenvalue weighted by molar-refractivity contribution is -0.384. The van der Waals surface area contributed by atoms with Crippen molar-refractivity contribution in [1.82, 2.24) is 0 Å². The van der Waals surface area contributed by atoms with E-state index >= 15 is 0 Å². The van der Waals surface area contributed by atoms with Gasteiger partial charge in [-0.1, -0.05) is 6.07 Å². The maximum absolute atomic E-state index is 12.3. The Bertz CT molecular complexity index is 788. The fourth-order valence-electron chi connectivity index (χ4n) is 1.69. The number of nitrogens with zero attached hydrogens (tertiary/aromatic N) is 1. The molecule has 0 bridgehead atoms. The predicted molar refractivity (Wildman–Crippen MR) is 82.8 cm³/mol. The third kappa shape index (κ3) is 3.59. The Kier molecular flexibility index (Phi) is 4.29. The van der Waals surface area contributed by atoms with E-state index < -0.39 is 14.9 Å². The fraction of sp³-hybridized carbons (Fsp3) is 0.0769. The lowest BCUT2D eigenvalue weighted by Crippen LogP contribution is -2.13. The van der Waals surface area contributed by atoms with Crippen LogP contribution in [0.5, 0.6) is 0 Å². The molecule has 0 saturated heterocycles. The van der Waals surface area contributed by atoms with Crippen LogP contribution in [0.25, 0.3) is 0 Å². The molecule has 6 nitrogen and oxygen atoms in total. The Morgan fingerprint density at radius 3 is 2.29 bits per heavy atom. The summed E-state index contributed by atoms with van der Waals surface area (Å²) in [6, 6.07) is 10.0. The second-order valence-electron chi connectivity index (χ2n) is 4.34. The molecule has 0 radical (unpaired) electrons. The van der Waals surface area contributed by atoms with Crippen LogP contribution in [-0.2, 0) is 10.0 Å². The van der Waals surface area contributed by atoms with E-state index in [1.807, 2.05) is 6.92 Å². The monoisotopic (exact) mass is 370 g/mol. The van der Waals surface area contributed by atoms with Crippen molar-refractivity contribution in [2.45, 2.75) is 11.8 Å². The van der Waals surface area contributed by atoms with Crippen LogP contribution in [0.1, 0.15) is 5.56 Å². The van der Waals surface area contributed by atoms with Crippen molar-refractivity contribution in [3.63, 3.8) is 0 Å². The predicted octanol–water partition coefficient (Wildman–Crippen LogP) is 3.47. The molecule has 0 aliphatic rings. The number of aryl methyl sites for hydroxylation is 1. The van der Waals surface area contributed by atoms with Crippen LogP contribution in [-0.4, -0.2) is 13.3 Å². The van der Waals surface area contributed by atoms with Crippen LogP contribution in [0, 0.1) is 17.0 Å². The second kappa shape index (κ2) is 5.82. The molecule has 0 amide bonds. The number of hydrogen-bond acceptors (Lipinski definition) is 4. The Morgan fingerprint density at radius 1 is 1.14 bits per heavy atom. The van der Waals surface area contributed by atoms with Gasteiger partial charge in [0.05, 0.1) is 4.92 Å². The molecular weight excluding hydrogens is 360 g/mol. The molecular formula is C13H11BrN2O4S. The molecule has 2 rings (SSSR count). The minimum atomic E-state index is -3.76. The van der Waals surface area contributed by atoms with E-state index in [2.05, 4.69) is 20.7 Å². The van der Waals surface area contributed by atoms with Crippen molar-refractivity contribution >= 4 is 37.3 Å². The quantitative estimate of drug-likeness (QED) is 0.658. The van der Waals surface area contributed by atoms with E-state index in [9.17, 15) is 18.5 Å². The third-order valence-corrected chi connectivity index (χ3v) is 5.07. The molecule has 0 aliphatic heterocycles. The Hall–Kier alpha value is -1.93. The molecule has 0 spiro atoms. The van der Waals surface area contributed by atoms with Crippen molar-refractivity contribution in [3.8, 4) is 0 Å². The zero-order chi connectivity index (χ0) is 15.6. The number of sulfonamides is 1. The van der Waals surface area contributed by atoms with Gasteiger partial charge in [-0.15, -0.1) is 0 Å². The lowest BCUT2D eigenvalue weighted by atomic mass is 10.2. The summed E-state index contributed by atoms with van der Waals surface area (Å²) in [5, 5.41) is 10.6. The van der Waals surface area contributed by atoms with E-state index in [1.54, 1.807) is 12.1 Å². The highest BCUT2D eigenvalue weighted by atomic mass is 79.9. The molecule has 0 saturated carbocycles. The third-order valence-electron chi connectivity index (χ3n) is 2.71. The van der Waals surface area contributed by atoms with Crippen molar-refractivity contribution in [3.05, 3.63) is 62.6 Å². The first kappa shape index (κ1) is 15.5. The van der Waals surface area contributed by atoms with E-state index in [0.29, 0.717) is 4.47 Å². The number of rotatable bonds is 4. The van der Waals surface area contributed by atoms with Crippen molar-refractivity contribution in [2.24, 2.45) is 0 Å². The highest BCUT2D eigenvalue weighted by Crippen LogP contribution is 2.25. The van der Waals surface area contributed by atoms with Gasteiger partial charge in [-0.05, 0) is 52.7 Å². The van der Waals surface area contributed by atoms with Crippen molar-refractivity contribution in [2.75, 3.05) is 4.72 Å². The van der Waals surface area contributed by atoms with Gasteiger partial charge < -0.3 is 0 Å². The first-order valence-electron chi connectivity index (χ1n) is 5.83. The highest BCUT2D eigenvalue weighted by molar-refractivity contribution is 9.10. The molecule has 0 aromatic heterocycles. The molecule has 8 heteroatoms. The fourth-order valence-corrected chi connectivity index (χ4v) is 3.94. The summed E-state index contributed by atoms with van der Waals surface area (Å²) in [5.41, 5.74) is 1.08. The van der Waals surface area contributed by atoms with Crippen LogP contribution in [0.3, 0.4) is 0 Å². The van der Waals surface area contributed by atoms with Crippen molar-refractivity contribution in [1.29, 1.82) is 0 Å². The van der Waals surface area contributed by atoms with E-state index in [1.165, 1.54) is 30.3 Å². The van der Waals surface area contributed by atoms with Gasteiger partial charge in [0.2, 0.25) is 0 Å². The number of nitrogens with one attached hydrogen (secondary N) is 1. The number of non-ortho nitro benzene ring substituents is 1. The van der Waals surface area contributed by atoms with Crippen LogP contribution in [0.4, 0.5) is 11.4 Å². The smallest absolute Gasteiger partial charge is 0.269 e. The number of hydrogen-bond donors (Lipinski definition) is 1. The second-order valence-corrected chi connectivity index (χ2v) is 6.85. The lowest BCUT2D eigenvalue weighted by Gasteiger charge is -2.10. The molecule has 1 N–H and O–H groups in total. The molecule has 21 heavy (non-hydrogen) atoms. The van der Waals surface area contributed by atoms with Gasteiger partial charge in [-0.3, -0.25) is 14.8 Å². The van der Waals surface area contributed by atoms with Crippen molar-refractivity contribution < 1.29 is 13.3 Å². The average molecular weight is 371 g/mol. The van der Waals surface area contributed by atoms with E-state index in [0.717, 1.165) is 5.56 Å². The number of nitro groups is 1. The minimum Gasteiger partial charge on any atom is -0.280 e. The van der Waals surface area contributed by atoms with E-state index in [-0.39, 0.29) is 16.3 Å². The van der Waals surface area contributed by atoms with Gasteiger partial charge in [0.1, 0.15) is 4.90 Å². The SMILES string of the molecule is Cc1ccc(S(=O)(=O)Nc2ccc([N+](=O)[O-])cc2)c(Br)c1. The highest BCUT2D eigenvalue weighted by Gasteiger charge is 2.18. The summed E-state index contributed by atoms with van der Waals surface area (Å²) in [5.74, 6) is 0. The topological polar surface area (TPSA) is 89.3 Å². The molecule has 110 valence electrons. The normalized spacial score (nSPS) is 11.1. The van der Waals surface area contributed by atoms with Gasteiger partial charge >= 0.3 is 0 Å². The zero-order valence-electron chi connectivity index (χ0n) is 10.9. The first-order valence-corrected chi connectivity index (χ1v) is 8.10. The summed E-state index contributed by atoms with van der Waals surface area (Å²) < 4.78 is 27.4. The summed E-state index contributed by atoms with van der Waals surface area (Å²) in [6.45, 7) is 1.85. The molecule has 0 aliphatic carbocycles. The van der Waals surface area contributed by atoms with Gasteiger partial charge in [0.15, 0.2) is 0 Å². The van der Waals surface area contributed by atoms with Crippen LogP contribution in [0.15, 0.2) is 51.8 Å². The van der Waals surface area contributed by atoms with Gasteiger partial charge in [0, 0.05) is 22.3 Å². The van der Waals surface area contributed by atoms with Crippen LogP contribution >= 0.6 is 15.9 Å². The number of anilines is 1. The number of benzene rings is 2. The Balaban J connectivity index is 2.30. The zero-order valence-corrected chi connectivity index (χ0v) is 13.3. The molecule has 2 aromatic rings.